The molecule has 2 fully saturated rings. The number of amides is 1. The van der Waals surface area contributed by atoms with Gasteiger partial charge in [0.15, 0.2) is 5.96 Å². The van der Waals surface area contributed by atoms with Crippen molar-refractivity contribution in [3.05, 3.63) is 0 Å². The predicted octanol–water partition coefficient (Wildman–Crippen LogP) is 1.80. The van der Waals surface area contributed by atoms with Crippen LogP contribution in [0.25, 0.3) is 0 Å². The molecule has 21 heavy (non-hydrogen) atoms. The highest BCUT2D eigenvalue weighted by atomic mass is 127. The van der Waals surface area contributed by atoms with Gasteiger partial charge >= 0.3 is 6.09 Å². The van der Waals surface area contributed by atoms with E-state index in [4.69, 9.17) is 4.74 Å². The van der Waals surface area contributed by atoms with Gasteiger partial charge in [-0.1, -0.05) is 6.92 Å². The van der Waals surface area contributed by atoms with E-state index in [0.717, 1.165) is 37.8 Å². The Morgan fingerprint density at radius 1 is 1.33 bits per heavy atom. The highest BCUT2D eigenvalue weighted by molar-refractivity contribution is 14.0. The number of nitrogens with zero attached hydrogens (tertiary/aromatic N) is 2. The summed E-state index contributed by atoms with van der Waals surface area (Å²) in [7, 11) is 1.80. The van der Waals surface area contributed by atoms with Crippen LogP contribution in [0, 0.1) is 5.92 Å². The molecular formula is C14H27IN4O2. The SMILES string of the molecule is CCOC(=O)N1CCC(NC(=NC)NC2CC2C)CC1.I. The van der Waals surface area contributed by atoms with Crippen LogP contribution in [0.3, 0.4) is 0 Å². The van der Waals surface area contributed by atoms with Crippen LogP contribution >= 0.6 is 24.0 Å². The summed E-state index contributed by atoms with van der Waals surface area (Å²) in [5.41, 5.74) is 0. The molecule has 1 aliphatic carbocycles. The number of hydrogen-bond donors (Lipinski definition) is 2. The Labute approximate surface area is 144 Å². The molecule has 1 aliphatic heterocycles. The molecular weight excluding hydrogens is 383 g/mol. The zero-order valence-corrected chi connectivity index (χ0v) is 15.4. The lowest BCUT2D eigenvalue weighted by Crippen LogP contribution is -2.50. The number of nitrogens with one attached hydrogen (secondary N) is 2. The highest BCUT2D eigenvalue weighted by Crippen LogP contribution is 2.28. The fraction of sp³-hybridized carbons (Fsp3) is 0.857. The maximum atomic E-state index is 11.6. The van der Waals surface area contributed by atoms with Crippen molar-refractivity contribution in [2.45, 2.75) is 45.2 Å². The summed E-state index contributed by atoms with van der Waals surface area (Å²) in [5.74, 6) is 1.63. The molecule has 0 radical (unpaired) electrons. The first kappa shape index (κ1) is 18.3. The summed E-state index contributed by atoms with van der Waals surface area (Å²) >= 11 is 0. The summed E-state index contributed by atoms with van der Waals surface area (Å²) in [5, 5.41) is 6.87. The van der Waals surface area contributed by atoms with Crippen LogP contribution in [0.2, 0.25) is 0 Å². The second kappa shape index (κ2) is 8.65. The van der Waals surface area contributed by atoms with E-state index in [1.54, 1.807) is 11.9 Å². The van der Waals surface area contributed by atoms with Gasteiger partial charge in [-0.25, -0.2) is 4.79 Å². The molecule has 1 saturated carbocycles. The van der Waals surface area contributed by atoms with Crippen LogP contribution in [0.4, 0.5) is 4.79 Å². The molecule has 2 N–H and O–H groups in total. The molecule has 2 atom stereocenters. The lowest BCUT2D eigenvalue weighted by molar-refractivity contribution is 0.0963. The second-order valence-corrected chi connectivity index (χ2v) is 5.64. The highest BCUT2D eigenvalue weighted by Gasteiger charge is 2.33. The smallest absolute Gasteiger partial charge is 0.409 e. The Balaban J connectivity index is 0.00000220. The molecule has 0 aromatic heterocycles. The van der Waals surface area contributed by atoms with Gasteiger partial charge in [-0.2, -0.15) is 0 Å². The Kier molecular flexibility index (Phi) is 7.55. The number of guanidine groups is 1. The summed E-state index contributed by atoms with van der Waals surface area (Å²) < 4.78 is 5.02. The van der Waals surface area contributed by atoms with E-state index in [0.29, 0.717) is 18.7 Å². The van der Waals surface area contributed by atoms with Gasteiger partial charge in [0.25, 0.3) is 0 Å². The molecule has 6 nitrogen and oxygen atoms in total. The number of halogens is 1. The number of hydrogen-bond acceptors (Lipinski definition) is 3. The maximum Gasteiger partial charge on any atom is 0.409 e. The lowest BCUT2D eigenvalue weighted by Gasteiger charge is -2.32. The number of piperidine rings is 1. The van der Waals surface area contributed by atoms with Gasteiger partial charge in [0.1, 0.15) is 0 Å². The Morgan fingerprint density at radius 3 is 2.43 bits per heavy atom. The number of aliphatic imine (C=N–C) groups is 1. The molecule has 2 unspecified atom stereocenters. The van der Waals surface area contributed by atoms with Gasteiger partial charge in [0.05, 0.1) is 6.61 Å². The minimum Gasteiger partial charge on any atom is -0.450 e. The molecule has 122 valence electrons. The number of rotatable bonds is 3. The lowest BCUT2D eigenvalue weighted by atomic mass is 10.1. The number of likely N-dealkylation sites (tertiary alicyclic amines) is 1. The minimum atomic E-state index is -0.194. The van der Waals surface area contributed by atoms with E-state index in [1.165, 1.54) is 6.42 Å². The third-order valence-electron chi connectivity index (χ3n) is 4.02. The first-order chi connectivity index (χ1) is 9.63. The predicted molar refractivity (Wildman–Crippen MR) is 94.2 cm³/mol. The van der Waals surface area contributed by atoms with Crippen LogP contribution in [0.5, 0.6) is 0 Å². The van der Waals surface area contributed by atoms with Crippen molar-refractivity contribution in [3.63, 3.8) is 0 Å². The molecule has 1 heterocycles. The Morgan fingerprint density at radius 2 is 1.95 bits per heavy atom. The second-order valence-electron chi connectivity index (χ2n) is 5.64. The van der Waals surface area contributed by atoms with Crippen LogP contribution in [0.1, 0.15) is 33.1 Å². The minimum absolute atomic E-state index is 0. The standard InChI is InChI=1S/C14H26N4O2.HI/c1-4-20-14(19)18-7-5-11(6-8-18)16-13(15-3)17-12-9-10(12)2;/h10-12H,4-9H2,1-3H3,(H2,15,16,17);1H. The average Bonchev–Trinajstić information content (AvgIpc) is 3.14. The first-order valence-electron chi connectivity index (χ1n) is 7.55. The van der Waals surface area contributed by atoms with E-state index >= 15 is 0 Å². The largest absolute Gasteiger partial charge is 0.450 e. The fourth-order valence-electron chi connectivity index (χ4n) is 2.48. The molecule has 2 rings (SSSR count). The van der Waals surface area contributed by atoms with Crippen molar-refractivity contribution in [2.24, 2.45) is 10.9 Å². The van der Waals surface area contributed by atoms with Gasteiger partial charge in [0.2, 0.25) is 0 Å². The monoisotopic (exact) mass is 410 g/mol. The number of carbonyl (C=O) groups excluding carboxylic acids is 1. The zero-order valence-electron chi connectivity index (χ0n) is 13.1. The van der Waals surface area contributed by atoms with Crippen LogP contribution in [-0.4, -0.2) is 55.8 Å². The van der Waals surface area contributed by atoms with Crippen LogP contribution in [0.15, 0.2) is 4.99 Å². The molecule has 1 amide bonds. The third-order valence-corrected chi connectivity index (χ3v) is 4.02. The summed E-state index contributed by atoms with van der Waals surface area (Å²) in [4.78, 5) is 17.7. The normalized spacial score (nSPS) is 25.9. The van der Waals surface area contributed by atoms with Gasteiger partial charge in [-0.3, -0.25) is 4.99 Å². The molecule has 0 spiro atoms. The van der Waals surface area contributed by atoms with Gasteiger partial charge in [0, 0.05) is 32.2 Å². The summed E-state index contributed by atoms with van der Waals surface area (Å²) in [6.07, 6.45) is 2.89. The molecule has 0 aromatic carbocycles. The molecule has 0 bridgehead atoms. The maximum absolute atomic E-state index is 11.6. The number of ether oxygens (including phenoxy) is 1. The summed E-state index contributed by atoms with van der Waals surface area (Å²) in [6.45, 7) is 6.00. The van der Waals surface area contributed by atoms with Crippen LogP contribution < -0.4 is 10.6 Å². The van der Waals surface area contributed by atoms with E-state index in [9.17, 15) is 4.79 Å². The van der Waals surface area contributed by atoms with Gasteiger partial charge < -0.3 is 20.3 Å². The van der Waals surface area contributed by atoms with Crippen molar-refractivity contribution in [2.75, 3.05) is 26.7 Å². The van der Waals surface area contributed by atoms with Crippen molar-refractivity contribution < 1.29 is 9.53 Å². The van der Waals surface area contributed by atoms with Crippen LogP contribution in [-0.2, 0) is 4.74 Å². The molecule has 0 aromatic rings. The number of carbonyl (C=O) groups is 1. The fourth-order valence-corrected chi connectivity index (χ4v) is 2.48. The Bertz CT molecular complexity index is 370. The summed E-state index contributed by atoms with van der Waals surface area (Å²) in [6, 6.07) is 0.946. The first-order valence-corrected chi connectivity index (χ1v) is 7.55. The van der Waals surface area contributed by atoms with E-state index < -0.39 is 0 Å². The van der Waals surface area contributed by atoms with Gasteiger partial charge in [-0.15, -0.1) is 24.0 Å². The van der Waals surface area contributed by atoms with Crippen molar-refractivity contribution >= 4 is 36.0 Å². The molecule has 7 heteroatoms. The van der Waals surface area contributed by atoms with E-state index in [-0.39, 0.29) is 30.1 Å². The van der Waals surface area contributed by atoms with E-state index in [1.807, 2.05) is 6.92 Å². The van der Waals surface area contributed by atoms with Crippen molar-refractivity contribution in [1.82, 2.24) is 15.5 Å². The third kappa shape index (κ3) is 5.52. The molecule has 1 saturated heterocycles. The quantitative estimate of drug-likeness (QED) is 0.423. The topological polar surface area (TPSA) is 66.0 Å². The van der Waals surface area contributed by atoms with Crippen molar-refractivity contribution in [1.29, 1.82) is 0 Å². The van der Waals surface area contributed by atoms with E-state index in [2.05, 4.69) is 22.5 Å². The molecule has 2 aliphatic rings. The average molecular weight is 410 g/mol. The Hall–Kier alpha value is -0.730. The van der Waals surface area contributed by atoms with Gasteiger partial charge in [-0.05, 0) is 32.1 Å². The van der Waals surface area contributed by atoms with Crippen molar-refractivity contribution in [3.8, 4) is 0 Å². The zero-order chi connectivity index (χ0) is 14.5.